The molecular weight excluding hydrogens is 352 g/mol. The Kier molecular flexibility index (Phi) is 8.28. The maximum Gasteiger partial charge on any atom is 0.273 e. The number of non-ortho nitro benzene ring substituents is 1. The molecule has 0 aliphatic rings. The number of aromatic nitrogens is 1. The van der Waals surface area contributed by atoms with E-state index in [2.05, 4.69) is 15.6 Å². The lowest BCUT2D eigenvalue weighted by molar-refractivity contribution is -0.384. The molecule has 0 aliphatic carbocycles. The fourth-order valence-corrected chi connectivity index (χ4v) is 2.49. The Bertz CT molecular complexity index is 713. The van der Waals surface area contributed by atoms with Crippen LogP contribution >= 0.6 is 12.2 Å². The largest absolute Gasteiger partial charge is 0.493 e. The SMILES string of the molecule is O=[N+]([O-])c1cccc(OCCCCCCNC(=S)Nc2ccncc2)c1. The van der Waals surface area contributed by atoms with E-state index < -0.39 is 4.92 Å². The number of nitrogens with zero attached hydrogens (tertiary/aromatic N) is 2. The van der Waals surface area contributed by atoms with Crippen LogP contribution in [0.5, 0.6) is 5.75 Å². The number of ether oxygens (including phenoxy) is 1. The Morgan fingerprint density at radius 3 is 2.69 bits per heavy atom. The van der Waals surface area contributed by atoms with E-state index in [1.165, 1.54) is 12.1 Å². The molecule has 8 heteroatoms. The van der Waals surface area contributed by atoms with Gasteiger partial charge in [0.1, 0.15) is 5.75 Å². The molecule has 2 aromatic rings. The molecule has 0 radical (unpaired) electrons. The van der Waals surface area contributed by atoms with E-state index in [-0.39, 0.29) is 5.69 Å². The number of rotatable bonds is 10. The molecule has 2 rings (SSSR count). The monoisotopic (exact) mass is 374 g/mol. The molecule has 0 bridgehead atoms. The first kappa shape index (κ1) is 19.6. The van der Waals surface area contributed by atoms with E-state index in [0.717, 1.165) is 37.9 Å². The minimum atomic E-state index is -0.423. The zero-order valence-corrected chi connectivity index (χ0v) is 15.2. The summed E-state index contributed by atoms with van der Waals surface area (Å²) in [5.74, 6) is 0.536. The summed E-state index contributed by atoms with van der Waals surface area (Å²) in [5.41, 5.74) is 0.959. The number of anilines is 1. The van der Waals surface area contributed by atoms with Crippen molar-refractivity contribution in [3.8, 4) is 5.75 Å². The van der Waals surface area contributed by atoms with Crippen molar-refractivity contribution in [2.24, 2.45) is 0 Å². The highest BCUT2D eigenvalue weighted by atomic mass is 32.1. The predicted molar refractivity (Wildman–Crippen MR) is 106 cm³/mol. The minimum Gasteiger partial charge on any atom is -0.493 e. The third-order valence-electron chi connectivity index (χ3n) is 3.59. The lowest BCUT2D eigenvalue weighted by atomic mass is 10.2. The normalized spacial score (nSPS) is 10.2. The van der Waals surface area contributed by atoms with Crippen molar-refractivity contribution in [1.82, 2.24) is 10.3 Å². The minimum absolute atomic E-state index is 0.0462. The Balaban J connectivity index is 1.50. The number of nitro groups is 1. The van der Waals surface area contributed by atoms with Gasteiger partial charge < -0.3 is 15.4 Å². The molecule has 0 atom stereocenters. The molecule has 0 unspecified atom stereocenters. The molecular formula is C18H22N4O3S. The molecule has 0 saturated heterocycles. The van der Waals surface area contributed by atoms with Crippen LogP contribution in [-0.4, -0.2) is 28.2 Å². The maximum absolute atomic E-state index is 10.7. The second kappa shape index (κ2) is 11.0. The summed E-state index contributed by atoms with van der Waals surface area (Å²) >= 11 is 5.23. The van der Waals surface area contributed by atoms with Gasteiger partial charge >= 0.3 is 0 Å². The summed E-state index contributed by atoms with van der Waals surface area (Å²) in [6, 6.07) is 9.97. The number of nitro benzene ring substituents is 1. The van der Waals surface area contributed by atoms with Crippen molar-refractivity contribution in [2.75, 3.05) is 18.5 Å². The third kappa shape index (κ3) is 7.43. The van der Waals surface area contributed by atoms with Crippen LogP contribution in [-0.2, 0) is 0 Å². The highest BCUT2D eigenvalue weighted by molar-refractivity contribution is 7.80. The number of nitrogens with one attached hydrogen (secondary N) is 2. The van der Waals surface area contributed by atoms with Crippen LogP contribution in [0, 0.1) is 10.1 Å². The van der Waals surface area contributed by atoms with E-state index in [1.54, 1.807) is 24.5 Å². The van der Waals surface area contributed by atoms with E-state index in [1.807, 2.05) is 12.1 Å². The maximum atomic E-state index is 10.7. The smallest absolute Gasteiger partial charge is 0.273 e. The topological polar surface area (TPSA) is 89.3 Å². The Hall–Kier alpha value is -2.74. The molecule has 0 saturated carbocycles. The Labute approximate surface area is 157 Å². The van der Waals surface area contributed by atoms with Crippen molar-refractivity contribution in [3.05, 3.63) is 58.9 Å². The first-order valence-corrected chi connectivity index (χ1v) is 8.88. The van der Waals surface area contributed by atoms with Gasteiger partial charge in [-0.2, -0.15) is 0 Å². The van der Waals surface area contributed by atoms with Gasteiger partial charge in [-0.05, 0) is 43.3 Å². The molecule has 0 amide bonds. The van der Waals surface area contributed by atoms with Crippen LogP contribution in [0.4, 0.5) is 11.4 Å². The summed E-state index contributed by atoms with van der Waals surface area (Å²) in [4.78, 5) is 14.2. The van der Waals surface area contributed by atoms with Crippen LogP contribution < -0.4 is 15.4 Å². The van der Waals surface area contributed by atoms with Gasteiger partial charge in [0.15, 0.2) is 5.11 Å². The third-order valence-corrected chi connectivity index (χ3v) is 3.84. The number of benzene rings is 1. The quantitative estimate of drug-likeness (QED) is 0.282. The molecule has 0 fully saturated rings. The van der Waals surface area contributed by atoms with Gasteiger partial charge in [0.05, 0.1) is 17.6 Å². The fraction of sp³-hybridized carbons (Fsp3) is 0.333. The van der Waals surface area contributed by atoms with Gasteiger partial charge in [-0.15, -0.1) is 0 Å². The molecule has 2 N–H and O–H groups in total. The van der Waals surface area contributed by atoms with Crippen molar-refractivity contribution >= 4 is 28.7 Å². The van der Waals surface area contributed by atoms with Crippen molar-refractivity contribution in [1.29, 1.82) is 0 Å². The van der Waals surface area contributed by atoms with E-state index in [4.69, 9.17) is 17.0 Å². The lowest BCUT2D eigenvalue weighted by Gasteiger charge is -2.10. The van der Waals surface area contributed by atoms with E-state index in [9.17, 15) is 10.1 Å². The zero-order valence-electron chi connectivity index (χ0n) is 14.4. The molecule has 0 spiro atoms. The van der Waals surface area contributed by atoms with Crippen molar-refractivity contribution < 1.29 is 9.66 Å². The summed E-state index contributed by atoms with van der Waals surface area (Å²) in [6.45, 7) is 1.36. The van der Waals surface area contributed by atoms with Crippen molar-refractivity contribution in [3.63, 3.8) is 0 Å². The van der Waals surface area contributed by atoms with Crippen LogP contribution in [0.3, 0.4) is 0 Å². The Morgan fingerprint density at radius 1 is 1.15 bits per heavy atom. The van der Waals surface area contributed by atoms with Crippen molar-refractivity contribution in [2.45, 2.75) is 25.7 Å². The summed E-state index contributed by atoms with van der Waals surface area (Å²) in [6.07, 6.45) is 7.42. The molecule has 0 aliphatic heterocycles. The van der Waals surface area contributed by atoms with Crippen LogP contribution in [0.1, 0.15) is 25.7 Å². The summed E-state index contributed by atoms with van der Waals surface area (Å²) in [7, 11) is 0. The number of hydrogen-bond donors (Lipinski definition) is 2. The van der Waals surface area contributed by atoms with E-state index >= 15 is 0 Å². The number of pyridine rings is 1. The molecule has 1 heterocycles. The highest BCUT2D eigenvalue weighted by Crippen LogP contribution is 2.19. The number of thiocarbonyl (C=S) groups is 1. The second-order valence-corrected chi connectivity index (χ2v) is 6.04. The molecule has 138 valence electrons. The average molecular weight is 374 g/mol. The number of hydrogen-bond acceptors (Lipinski definition) is 5. The first-order chi connectivity index (χ1) is 12.6. The standard InChI is InChI=1S/C18H22N4O3S/c23-22(24)16-6-5-7-17(14-16)25-13-4-2-1-3-10-20-18(26)21-15-8-11-19-12-9-15/h5-9,11-12,14H,1-4,10,13H2,(H2,19,20,21,26). The van der Waals surface area contributed by atoms with Gasteiger partial charge in [-0.25, -0.2) is 0 Å². The second-order valence-electron chi connectivity index (χ2n) is 5.63. The zero-order chi connectivity index (χ0) is 18.6. The van der Waals surface area contributed by atoms with Gasteiger partial charge in [0, 0.05) is 30.7 Å². The van der Waals surface area contributed by atoms with Gasteiger partial charge in [0.25, 0.3) is 5.69 Å². The molecule has 1 aromatic carbocycles. The fourth-order valence-electron chi connectivity index (χ4n) is 2.27. The molecule has 26 heavy (non-hydrogen) atoms. The lowest BCUT2D eigenvalue weighted by Crippen LogP contribution is -2.29. The molecule has 1 aromatic heterocycles. The summed E-state index contributed by atoms with van der Waals surface area (Å²) < 4.78 is 5.55. The van der Waals surface area contributed by atoms with Crippen LogP contribution in [0.15, 0.2) is 48.8 Å². The van der Waals surface area contributed by atoms with Crippen LogP contribution in [0.2, 0.25) is 0 Å². The highest BCUT2D eigenvalue weighted by Gasteiger charge is 2.05. The molecule has 7 nitrogen and oxygen atoms in total. The van der Waals surface area contributed by atoms with Crippen LogP contribution in [0.25, 0.3) is 0 Å². The van der Waals surface area contributed by atoms with Gasteiger partial charge in [-0.3, -0.25) is 15.1 Å². The predicted octanol–water partition coefficient (Wildman–Crippen LogP) is 3.92. The van der Waals surface area contributed by atoms with Gasteiger partial charge in [-0.1, -0.05) is 18.9 Å². The van der Waals surface area contributed by atoms with E-state index in [0.29, 0.717) is 17.5 Å². The average Bonchev–Trinajstić information content (AvgIpc) is 2.65. The van der Waals surface area contributed by atoms with Gasteiger partial charge in [0.2, 0.25) is 0 Å². The number of unbranched alkanes of at least 4 members (excludes halogenated alkanes) is 3. The summed E-state index contributed by atoms with van der Waals surface area (Å²) in [5, 5.41) is 17.6. The Morgan fingerprint density at radius 2 is 1.92 bits per heavy atom. The first-order valence-electron chi connectivity index (χ1n) is 8.47.